The first-order valence-corrected chi connectivity index (χ1v) is 9.71. The number of carbonyl (C=O) groups is 1. The lowest BCUT2D eigenvalue weighted by Gasteiger charge is -2.13. The zero-order valence-electron chi connectivity index (χ0n) is 17.1. The Labute approximate surface area is 178 Å². The Bertz CT molecular complexity index is 1310. The number of amides is 1. The molecule has 156 valence electrons. The number of H-pyrrole nitrogens is 1. The molecule has 7 heteroatoms. The molecule has 4 rings (SSSR count). The van der Waals surface area contributed by atoms with Gasteiger partial charge in [0.15, 0.2) is 18.1 Å². The average Bonchev–Trinajstić information content (AvgIpc) is 2.79. The van der Waals surface area contributed by atoms with Crippen molar-refractivity contribution in [2.75, 3.05) is 19.0 Å². The Morgan fingerprint density at radius 3 is 2.61 bits per heavy atom. The first-order valence-electron chi connectivity index (χ1n) is 9.71. The molecule has 0 radical (unpaired) electrons. The van der Waals surface area contributed by atoms with Crippen molar-refractivity contribution in [1.82, 2.24) is 9.97 Å². The molecule has 0 aliphatic heterocycles. The van der Waals surface area contributed by atoms with Crippen molar-refractivity contribution in [2.24, 2.45) is 0 Å². The van der Waals surface area contributed by atoms with Crippen LogP contribution < -0.4 is 20.3 Å². The number of anilines is 1. The number of ether oxygens (including phenoxy) is 2. The largest absolute Gasteiger partial charge is 0.493 e. The summed E-state index contributed by atoms with van der Waals surface area (Å²) in [5.74, 6) is 0.984. The normalized spacial score (nSPS) is 10.6. The molecule has 0 bridgehead atoms. The van der Waals surface area contributed by atoms with E-state index in [1.165, 1.54) is 7.11 Å². The van der Waals surface area contributed by atoms with E-state index in [1.54, 1.807) is 36.4 Å². The summed E-state index contributed by atoms with van der Waals surface area (Å²) in [6.07, 6.45) is 0. The molecule has 31 heavy (non-hydrogen) atoms. The molecule has 1 heterocycles. The number of methoxy groups -OCH3 is 1. The average molecular weight is 415 g/mol. The standard InChI is InChI=1S/C24H21N3O4/c1-15-7-3-5-9-18(15)25-22(28)14-31-20-12-11-16(13-21(20)30-2)23-26-19-10-6-4-8-17(19)24(29)27-23/h3-13H,14H2,1-2H3,(H,25,28)(H,26,27,29). The number of benzene rings is 3. The first-order chi connectivity index (χ1) is 15.0. The third-order valence-corrected chi connectivity index (χ3v) is 4.83. The van der Waals surface area contributed by atoms with Gasteiger partial charge in [0.1, 0.15) is 5.82 Å². The molecule has 7 nitrogen and oxygen atoms in total. The van der Waals surface area contributed by atoms with Crippen LogP contribution in [0.1, 0.15) is 5.56 Å². The fourth-order valence-corrected chi connectivity index (χ4v) is 3.20. The summed E-state index contributed by atoms with van der Waals surface area (Å²) in [5, 5.41) is 3.35. The van der Waals surface area contributed by atoms with E-state index in [-0.39, 0.29) is 18.1 Å². The number of nitrogens with one attached hydrogen (secondary N) is 2. The van der Waals surface area contributed by atoms with E-state index in [2.05, 4.69) is 15.3 Å². The summed E-state index contributed by atoms with van der Waals surface area (Å²) in [6.45, 7) is 1.75. The zero-order valence-corrected chi connectivity index (χ0v) is 17.1. The van der Waals surface area contributed by atoms with Gasteiger partial charge < -0.3 is 19.8 Å². The van der Waals surface area contributed by atoms with Crippen molar-refractivity contribution in [3.63, 3.8) is 0 Å². The smallest absolute Gasteiger partial charge is 0.262 e. The lowest BCUT2D eigenvalue weighted by Crippen LogP contribution is -2.20. The van der Waals surface area contributed by atoms with Crippen LogP contribution in [0.15, 0.2) is 71.5 Å². The predicted octanol–water partition coefficient (Wildman–Crippen LogP) is 3.92. The van der Waals surface area contributed by atoms with Gasteiger partial charge in [0.25, 0.3) is 11.5 Å². The van der Waals surface area contributed by atoms with Gasteiger partial charge in [-0.2, -0.15) is 0 Å². The molecule has 1 aromatic heterocycles. The molecule has 4 aromatic rings. The van der Waals surface area contributed by atoms with Gasteiger partial charge in [0.05, 0.1) is 18.0 Å². The van der Waals surface area contributed by atoms with Gasteiger partial charge in [0.2, 0.25) is 0 Å². The molecule has 0 saturated heterocycles. The molecule has 0 spiro atoms. The van der Waals surface area contributed by atoms with Crippen LogP contribution in [-0.4, -0.2) is 29.6 Å². The minimum absolute atomic E-state index is 0.172. The summed E-state index contributed by atoms with van der Waals surface area (Å²) in [5.41, 5.74) is 2.76. The van der Waals surface area contributed by atoms with E-state index in [0.717, 1.165) is 11.3 Å². The van der Waals surface area contributed by atoms with Crippen molar-refractivity contribution in [2.45, 2.75) is 6.92 Å². The second kappa shape index (κ2) is 8.71. The van der Waals surface area contributed by atoms with Gasteiger partial charge in [-0.3, -0.25) is 9.59 Å². The van der Waals surface area contributed by atoms with Gasteiger partial charge in [-0.05, 0) is 48.9 Å². The number of nitrogens with zero attached hydrogens (tertiary/aromatic N) is 1. The van der Waals surface area contributed by atoms with Crippen molar-refractivity contribution in [3.05, 3.63) is 82.6 Å². The number of fused-ring (bicyclic) bond motifs is 1. The van der Waals surface area contributed by atoms with Crippen LogP contribution in [0.2, 0.25) is 0 Å². The third-order valence-electron chi connectivity index (χ3n) is 4.83. The van der Waals surface area contributed by atoms with Crippen LogP contribution in [0, 0.1) is 6.92 Å². The number of carbonyl (C=O) groups excluding carboxylic acids is 1. The van der Waals surface area contributed by atoms with Crippen LogP contribution in [0.25, 0.3) is 22.3 Å². The summed E-state index contributed by atoms with van der Waals surface area (Å²) in [4.78, 5) is 31.9. The maximum absolute atomic E-state index is 12.3. The van der Waals surface area contributed by atoms with E-state index in [9.17, 15) is 9.59 Å². The van der Waals surface area contributed by atoms with Crippen LogP contribution in [0.5, 0.6) is 11.5 Å². The zero-order chi connectivity index (χ0) is 21.8. The van der Waals surface area contributed by atoms with Crippen LogP contribution in [0.4, 0.5) is 5.69 Å². The number of aryl methyl sites for hydroxylation is 1. The summed E-state index contributed by atoms with van der Waals surface area (Å²) >= 11 is 0. The maximum Gasteiger partial charge on any atom is 0.262 e. The van der Waals surface area contributed by atoms with Gasteiger partial charge in [0, 0.05) is 11.3 Å². The number of hydrogen-bond donors (Lipinski definition) is 2. The topological polar surface area (TPSA) is 93.3 Å². The lowest BCUT2D eigenvalue weighted by atomic mass is 10.1. The molecular formula is C24H21N3O4. The molecule has 0 unspecified atom stereocenters. The number of hydrogen-bond acceptors (Lipinski definition) is 5. The second-order valence-electron chi connectivity index (χ2n) is 6.95. The highest BCUT2D eigenvalue weighted by atomic mass is 16.5. The molecule has 0 atom stereocenters. The number of aromatic amines is 1. The van der Waals surface area contributed by atoms with Crippen LogP contribution in [0.3, 0.4) is 0 Å². The van der Waals surface area contributed by atoms with Gasteiger partial charge in [-0.1, -0.05) is 30.3 Å². The highest BCUT2D eigenvalue weighted by Crippen LogP contribution is 2.31. The maximum atomic E-state index is 12.3. The van der Waals surface area contributed by atoms with Crippen molar-refractivity contribution >= 4 is 22.5 Å². The SMILES string of the molecule is COc1cc(-c2nc3ccccc3c(=O)[nH]2)ccc1OCC(=O)Nc1ccccc1C. The van der Waals surface area contributed by atoms with Crippen molar-refractivity contribution in [1.29, 1.82) is 0 Å². The number of para-hydroxylation sites is 2. The second-order valence-corrected chi connectivity index (χ2v) is 6.95. The molecule has 0 saturated carbocycles. The lowest BCUT2D eigenvalue weighted by molar-refractivity contribution is -0.118. The molecule has 0 fully saturated rings. The van der Waals surface area contributed by atoms with Crippen LogP contribution in [-0.2, 0) is 4.79 Å². The highest BCUT2D eigenvalue weighted by molar-refractivity contribution is 5.92. The molecule has 3 aromatic carbocycles. The Kier molecular flexibility index (Phi) is 5.66. The van der Waals surface area contributed by atoms with Crippen molar-refractivity contribution in [3.8, 4) is 22.9 Å². The molecule has 0 aliphatic rings. The molecule has 1 amide bonds. The Hall–Kier alpha value is -4.13. The first kappa shape index (κ1) is 20.2. The number of rotatable bonds is 6. The summed E-state index contributed by atoms with van der Waals surface area (Å²) in [7, 11) is 1.51. The quantitative estimate of drug-likeness (QED) is 0.498. The van der Waals surface area contributed by atoms with Gasteiger partial charge >= 0.3 is 0 Å². The monoisotopic (exact) mass is 415 g/mol. The van der Waals surface area contributed by atoms with E-state index in [1.807, 2.05) is 37.3 Å². The number of aromatic nitrogens is 2. The van der Waals surface area contributed by atoms with E-state index in [0.29, 0.717) is 33.8 Å². The van der Waals surface area contributed by atoms with Gasteiger partial charge in [-0.15, -0.1) is 0 Å². The predicted molar refractivity (Wildman–Crippen MR) is 120 cm³/mol. The van der Waals surface area contributed by atoms with E-state index < -0.39 is 0 Å². The summed E-state index contributed by atoms with van der Waals surface area (Å²) in [6, 6.07) is 19.8. The minimum Gasteiger partial charge on any atom is -0.493 e. The summed E-state index contributed by atoms with van der Waals surface area (Å²) < 4.78 is 11.1. The molecule has 2 N–H and O–H groups in total. The minimum atomic E-state index is -0.277. The third kappa shape index (κ3) is 4.40. The van der Waals surface area contributed by atoms with Crippen molar-refractivity contribution < 1.29 is 14.3 Å². The fourth-order valence-electron chi connectivity index (χ4n) is 3.20. The van der Waals surface area contributed by atoms with E-state index in [4.69, 9.17) is 9.47 Å². The Morgan fingerprint density at radius 1 is 1.03 bits per heavy atom. The highest BCUT2D eigenvalue weighted by Gasteiger charge is 2.12. The fraction of sp³-hybridized carbons (Fsp3) is 0.125. The Balaban J connectivity index is 1.53. The molecule has 0 aliphatic carbocycles. The van der Waals surface area contributed by atoms with Crippen LogP contribution >= 0.6 is 0 Å². The van der Waals surface area contributed by atoms with Gasteiger partial charge in [-0.25, -0.2) is 4.98 Å². The van der Waals surface area contributed by atoms with E-state index >= 15 is 0 Å². The Morgan fingerprint density at radius 2 is 1.81 bits per heavy atom. The molecular weight excluding hydrogens is 394 g/mol.